The average molecular weight is 278 g/mol. The molecular formula is C13H18ClF2NO. The topological polar surface area (TPSA) is 46.2 Å². The highest BCUT2D eigenvalue weighted by molar-refractivity contribution is 6.30. The van der Waals surface area contributed by atoms with Gasteiger partial charge in [0.1, 0.15) is 17.4 Å². The summed E-state index contributed by atoms with van der Waals surface area (Å²) < 4.78 is 27.5. The van der Waals surface area contributed by atoms with Crippen molar-refractivity contribution in [1.29, 1.82) is 0 Å². The van der Waals surface area contributed by atoms with Crippen molar-refractivity contribution < 1.29 is 13.9 Å². The first-order valence-electron chi connectivity index (χ1n) is 5.82. The Morgan fingerprint density at radius 3 is 2.11 bits per heavy atom. The Morgan fingerprint density at radius 1 is 1.28 bits per heavy atom. The summed E-state index contributed by atoms with van der Waals surface area (Å²) in [5.74, 6) is -2.09. The van der Waals surface area contributed by atoms with Crippen LogP contribution in [0.2, 0.25) is 5.02 Å². The number of rotatable bonds is 4. The molecule has 0 spiro atoms. The van der Waals surface area contributed by atoms with Crippen LogP contribution in [-0.4, -0.2) is 5.11 Å². The lowest BCUT2D eigenvalue weighted by atomic mass is 9.84. The van der Waals surface area contributed by atoms with E-state index in [1.54, 1.807) is 6.92 Å². The molecule has 102 valence electrons. The van der Waals surface area contributed by atoms with Crippen molar-refractivity contribution in [3.8, 4) is 0 Å². The lowest BCUT2D eigenvalue weighted by Gasteiger charge is -2.32. The standard InChI is InChI=1S/C13H18ClF2NO/c1-7(2)4-8(3)13(17,18)12-10(15)5-9(14)6-11(12)16/h5-8,18H,4,17H2,1-3H3. The smallest absolute Gasteiger partial charge is 0.147 e. The van der Waals surface area contributed by atoms with Crippen molar-refractivity contribution in [2.75, 3.05) is 0 Å². The Bertz CT molecular complexity index is 412. The van der Waals surface area contributed by atoms with E-state index in [2.05, 4.69) is 0 Å². The summed E-state index contributed by atoms with van der Waals surface area (Å²) in [6, 6.07) is 1.89. The number of hydrogen-bond donors (Lipinski definition) is 2. The van der Waals surface area contributed by atoms with Gasteiger partial charge >= 0.3 is 0 Å². The van der Waals surface area contributed by atoms with Crippen molar-refractivity contribution >= 4 is 11.6 Å². The third kappa shape index (κ3) is 3.19. The number of aliphatic hydroxyl groups is 1. The summed E-state index contributed by atoms with van der Waals surface area (Å²) in [4.78, 5) is 0. The monoisotopic (exact) mass is 277 g/mol. The quantitative estimate of drug-likeness (QED) is 0.829. The summed E-state index contributed by atoms with van der Waals surface area (Å²) in [5, 5.41) is 10.1. The van der Waals surface area contributed by atoms with Gasteiger partial charge in [0, 0.05) is 10.9 Å². The lowest BCUT2D eigenvalue weighted by Crippen LogP contribution is -2.45. The fourth-order valence-electron chi connectivity index (χ4n) is 2.06. The Hall–Kier alpha value is -0.710. The highest BCUT2D eigenvalue weighted by Gasteiger charge is 2.37. The van der Waals surface area contributed by atoms with Crippen molar-refractivity contribution in [2.24, 2.45) is 17.6 Å². The van der Waals surface area contributed by atoms with Crippen LogP contribution in [-0.2, 0) is 5.72 Å². The van der Waals surface area contributed by atoms with E-state index in [1.165, 1.54) is 0 Å². The molecular weight excluding hydrogens is 260 g/mol. The number of halogens is 3. The molecule has 18 heavy (non-hydrogen) atoms. The molecule has 0 heterocycles. The third-order valence-corrected chi connectivity index (χ3v) is 3.20. The van der Waals surface area contributed by atoms with E-state index in [1.807, 2.05) is 13.8 Å². The second-order valence-electron chi connectivity index (χ2n) is 5.10. The van der Waals surface area contributed by atoms with Crippen molar-refractivity contribution in [3.05, 3.63) is 34.4 Å². The molecule has 0 aliphatic heterocycles. The summed E-state index contributed by atoms with van der Waals surface area (Å²) in [7, 11) is 0. The normalized spacial score (nSPS) is 16.7. The molecule has 0 amide bonds. The summed E-state index contributed by atoms with van der Waals surface area (Å²) in [5.41, 5.74) is 3.13. The Morgan fingerprint density at radius 2 is 1.72 bits per heavy atom. The molecule has 1 rings (SSSR count). The molecule has 5 heteroatoms. The minimum atomic E-state index is -2.05. The van der Waals surface area contributed by atoms with Gasteiger partial charge in [0.25, 0.3) is 0 Å². The van der Waals surface area contributed by atoms with Crippen LogP contribution in [0.5, 0.6) is 0 Å². The number of benzene rings is 1. The van der Waals surface area contributed by atoms with Gasteiger partial charge in [-0.25, -0.2) is 8.78 Å². The molecule has 0 aliphatic rings. The minimum Gasteiger partial charge on any atom is -0.371 e. The van der Waals surface area contributed by atoms with Crippen LogP contribution in [0, 0.1) is 23.5 Å². The van der Waals surface area contributed by atoms with Crippen molar-refractivity contribution in [1.82, 2.24) is 0 Å². The predicted octanol–water partition coefficient (Wildman–Crippen LogP) is 3.40. The van der Waals surface area contributed by atoms with Crippen LogP contribution in [0.25, 0.3) is 0 Å². The van der Waals surface area contributed by atoms with E-state index < -0.39 is 28.8 Å². The van der Waals surface area contributed by atoms with Gasteiger partial charge in [-0.1, -0.05) is 32.4 Å². The maximum Gasteiger partial charge on any atom is 0.147 e. The molecule has 0 fully saturated rings. The Labute approximate surface area is 111 Å². The molecule has 0 saturated heterocycles. The van der Waals surface area contributed by atoms with Gasteiger partial charge in [-0.3, -0.25) is 5.73 Å². The molecule has 1 aromatic carbocycles. The highest BCUT2D eigenvalue weighted by atomic mass is 35.5. The van der Waals surface area contributed by atoms with Gasteiger partial charge in [0.15, 0.2) is 0 Å². The van der Waals surface area contributed by atoms with Gasteiger partial charge in [0.05, 0.1) is 5.56 Å². The predicted molar refractivity (Wildman–Crippen MR) is 68.1 cm³/mol. The van der Waals surface area contributed by atoms with E-state index in [4.69, 9.17) is 17.3 Å². The molecule has 0 radical (unpaired) electrons. The Kier molecular flexibility index (Phi) is 4.70. The van der Waals surface area contributed by atoms with Gasteiger partial charge in [-0.15, -0.1) is 0 Å². The second kappa shape index (κ2) is 5.51. The zero-order chi connectivity index (χ0) is 14.1. The van der Waals surface area contributed by atoms with E-state index in [0.717, 1.165) is 12.1 Å². The van der Waals surface area contributed by atoms with Crippen molar-refractivity contribution in [2.45, 2.75) is 32.9 Å². The fraction of sp³-hybridized carbons (Fsp3) is 0.538. The first-order valence-corrected chi connectivity index (χ1v) is 6.20. The van der Waals surface area contributed by atoms with E-state index in [9.17, 15) is 13.9 Å². The van der Waals surface area contributed by atoms with Crippen LogP contribution in [0.15, 0.2) is 12.1 Å². The van der Waals surface area contributed by atoms with Crippen LogP contribution in [0.4, 0.5) is 8.78 Å². The van der Waals surface area contributed by atoms with E-state index in [0.29, 0.717) is 6.42 Å². The molecule has 0 bridgehead atoms. The molecule has 2 nitrogen and oxygen atoms in total. The first kappa shape index (κ1) is 15.3. The van der Waals surface area contributed by atoms with Crippen molar-refractivity contribution in [3.63, 3.8) is 0 Å². The molecule has 0 saturated carbocycles. The lowest BCUT2D eigenvalue weighted by molar-refractivity contribution is -0.0251. The average Bonchev–Trinajstić information content (AvgIpc) is 2.13. The van der Waals surface area contributed by atoms with E-state index in [-0.39, 0.29) is 10.9 Å². The second-order valence-corrected chi connectivity index (χ2v) is 5.54. The number of nitrogens with two attached hydrogens (primary N) is 1. The van der Waals surface area contributed by atoms with Gasteiger partial charge < -0.3 is 5.11 Å². The molecule has 2 atom stereocenters. The Balaban J connectivity index is 3.19. The summed E-state index contributed by atoms with van der Waals surface area (Å²) >= 11 is 5.53. The number of hydrogen-bond acceptors (Lipinski definition) is 2. The van der Waals surface area contributed by atoms with Crippen LogP contribution in [0.3, 0.4) is 0 Å². The molecule has 2 unspecified atom stereocenters. The largest absolute Gasteiger partial charge is 0.371 e. The molecule has 0 aliphatic carbocycles. The van der Waals surface area contributed by atoms with Crippen LogP contribution in [0.1, 0.15) is 32.8 Å². The van der Waals surface area contributed by atoms with Gasteiger partial charge in [-0.05, 0) is 24.5 Å². The summed E-state index contributed by atoms with van der Waals surface area (Å²) in [6.07, 6.45) is 0.550. The molecule has 3 N–H and O–H groups in total. The summed E-state index contributed by atoms with van der Waals surface area (Å²) in [6.45, 7) is 5.55. The zero-order valence-corrected chi connectivity index (χ0v) is 11.4. The zero-order valence-electron chi connectivity index (χ0n) is 10.7. The van der Waals surface area contributed by atoms with Gasteiger partial charge in [0.2, 0.25) is 0 Å². The minimum absolute atomic E-state index is 0.0685. The molecule has 1 aromatic rings. The highest BCUT2D eigenvalue weighted by Crippen LogP contribution is 2.33. The fourth-order valence-corrected chi connectivity index (χ4v) is 2.25. The SMILES string of the molecule is CC(C)CC(C)C(N)(O)c1c(F)cc(Cl)cc1F. The maximum atomic E-state index is 13.7. The van der Waals surface area contributed by atoms with E-state index >= 15 is 0 Å². The molecule has 0 aromatic heterocycles. The first-order chi connectivity index (χ1) is 8.16. The van der Waals surface area contributed by atoms with Crippen LogP contribution < -0.4 is 5.73 Å². The van der Waals surface area contributed by atoms with Crippen LogP contribution >= 0.6 is 11.6 Å². The maximum absolute atomic E-state index is 13.7. The van der Waals surface area contributed by atoms with Gasteiger partial charge in [-0.2, -0.15) is 0 Å². The third-order valence-electron chi connectivity index (χ3n) is 2.98.